The van der Waals surface area contributed by atoms with Crippen molar-refractivity contribution in [2.24, 2.45) is 0 Å². The second kappa shape index (κ2) is 4.29. The smallest absolute Gasteiger partial charge is 0.387 e. The number of ether oxygens (including phenoxy) is 1. The van der Waals surface area contributed by atoms with Crippen LogP contribution in [0.1, 0.15) is 17.3 Å². The summed E-state index contributed by atoms with van der Waals surface area (Å²) in [5, 5.41) is 0. The van der Waals surface area contributed by atoms with Gasteiger partial charge in [-0.2, -0.15) is 8.78 Å². The van der Waals surface area contributed by atoms with Crippen molar-refractivity contribution in [2.45, 2.75) is 13.5 Å². The fourth-order valence-corrected chi connectivity index (χ4v) is 0.985. The molecule has 0 saturated heterocycles. The summed E-state index contributed by atoms with van der Waals surface area (Å²) in [5.74, 6) is -3.93. The van der Waals surface area contributed by atoms with Gasteiger partial charge >= 0.3 is 6.61 Å². The van der Waals surface area contributed by atoms with Crippen LogP contribution in [0.2, 0.25) is 0 Å². The summed E-state index contributed by atoms with van der Waals surface area (Å²) in [6.07, 6.45) is 0. The van der Waals surface area contributed by atoms with Crippen LogP contribution in [-0.2, 0) is 0 Å². The Bertz CT molecular complexity index is 390. The highest BCUT2D eigenvalue weighted by Gasteiger charge is 2.16. The molecule has 0 aliphatic carbocycles. The lowest BCUT2D eigenvalue weighted by atomic mass is 10.1. The van der Waals surface area contributed by atoms with Crippen molar-refractivity contribution in [3.63, 3.8) is 0 Å². The molecule has 0 spiro atoms. The first kappa shape index (κ1) is 11.5. The van der Waals surface area contributed by atoms with Gasteiger partial charge in [-0.1, -0.05) is 0 Å². The second-order valence-corrected chi connectivity index (χ2v) is 2.70. The Morgan fingerprint density at radius 3 is 2.33 bits per heavy atom. The predicted molar refractivity (Wildman–Crippen MR) is 43.0 cm³/mol. The molecule has 6 heteroatoms. The molecule has 15 heavy (non-hydrogen) atoms. The van der Waals surface area contributed by atoms with Crippen LogP contribution in [0, 0.1) is 11.6 Å². The number of carbonyl (C=O) groups is 1. The van der Waals surface area contributed by atoms with Gasteiger partial charge < -0.3 is 4.74 Å². The fourth-order valence-electron chi connectivity index (χ4n) is 0.985. The highest BCUT2D eigenvalue weighted by molar-refractivity contribution is 5.94. The topological polar surface area (TPSA) is 26.3 Å². The first-order valence-electron chi connectivity index (χ1n) is 3.86. The van der Waals surface area contributed by atoms with Gasteiger partial charge in [0.15, 0.2) is 17.3 Å². The quantitative estimate of drug-likeness (QED) is 0.580. The van der Waals surface area contributed by atoms with Gasteiger partial charge in [0.25, 0.3) is 0 Å². The third-order valence-corrected chi connectivity index (χ3v) is 1.62. The summed E-state index contributed by atoms with van der Waals surface area (Å²) in [7, 11) is 0. The van der Waals surface area contributed by atoms with Crippen molar-refractivity contribution in [2.75, 3.05) is 0 Å². The molecule has 0 heterocycles. The molecule has 1 aromatic rings. The van der Waals surface area contributed by atoms with Gasteiger partial charge in [-0.05, 0) is 13.0 Å². The van der Waals surface area contributed by atoms with Gasteiger partial charge in [0.2, 0.25) is 0 Å². The average molecular weight is 222 g/mol. The molecule has 0 aromatic heterocycles. The molecule has 0 bridgehead atoms. The first-order valence-corrected chi connectivity index (χ1v) is 3.86. The molecular weight excluding hydrogens is 216 g/mol. The van der Waals surface area contributed by atoms with E-state index in [0.717, 1.165) is 6.92 Å². The van der Waals surface area contributed by atoms with Gasteiger partial charge in [0, 0.05) is 6.07 Å². The zero-order valence-electron chi connectivity index (χ0n) is 7.56. The molecule has 0 fully saturated rings. The maximum atomic E-state index is 13.0. The number of halogens is 4. The third-order valence-electron chi connectivity index (χ3n) is 1.62. The van der Waals surface area contributed by atoms with Crippen molar-refractivity contribution >= 4 is 5.78 Å². The van der Waals surface area contributed by atoms with Crippen LogP contribution in [0.15, 0.2) is 12.1 Å². The van der Waals surface area contributed by atoms with Crippen molar-refractivity contribution in [3.05, 3.63) is 29.3 Å². The minimum absolute atomic E-state index is 0.415. The number of hydrogen-bond acceptors (Lipinski definition) is 2. The molecule has 2 nitrogen and oxygen atoms in total. The zero-order valence-corrected chi connectivity index (χ0v) is 7.56. The number of rotatable bonds is 3. The zero-order chi connectivity index (χ0) is 11.6. The van der Waals surface area contributed by atoms with E-state index in [2.05, 4.69) is 4.74 Å². The summed E-state index contributed by atoms with van der Waals surface area (Å²) < 4.78 is 53.1. The Balaban J connectivity index is 3.13. The van der Waals surface area contributed by atoms with Crippen molar-refractivity contribution in [1.29, 1.82) is 0 Å². The van der Waals surface area contributed by atoms with E-state index < -0.39 is 35.3 Å². The lowest BCUT2D eigenvalue weighted by molar-refractivity contribution is -0.0523. The summed E-state index contributed by atoms with van der Waals surface area (Å²) in [6.45, 7) is -2.21. The molecule has 0 radical (unpaired) electrons. The molecule has 0 saturated carbocycles. The fraction of sp³-hybridized carbons (Fsp3) is 0.222. The molecule has 0 unspecified atom stereocenters. The summed E-state index contributed by atoms with van der Waals surface area (Å²) >= 11 is 0. The van der Waals surface area contributed by atoms with Crippen LogP contribution in [0.25, 0.3) is 0 Å². The highest BCUT2D eigenvalue weighted by atomic mass is 19.3. The molecule has 0 atom stereocenters. The first-order chi connectivity index (χ1) is 6.91. The van der Waals surface area contributed by atoms with E-state index >= 15 is 0 Å². The monoisotopic (exact) mass is 222 g/mol. The number of hydrogen-bond donors (Lipinski definition) is 0. The Morgan fingerprint density at radius 2 is 1.87 bits per heavy atom. The lowest BCUT2D eigenvalue weighted by Gasteiger charge is -2.07. The number of ketones is 1. The van der Waals surface area contributed by atoms with Crippen molar-refractivity contribution in [1.82, 2.24) is 0 Å². The van der Waals surface area contributed by atoms with E-state index in [9.17, 15) is 22.4 Å². The van der Waals surface area contributed by atoms with Crippen molar-refractivity contribution < 1.29 is 27.1 Å². The number of carbonyl (C=O) groups excluding carboxylic acids is 1. The second-order valence-electron chi connectivity index (χ2n) is 2.70. The maximum absolute atomic E-state index is 13.0. The highest BCUT2D eigenvalue weighted by Crippen LogP contribution is 2.23. The maximum Gasteiger partial charge on any atom is 0.387 e. The molecule has 0 amide bonds. The van der Waals surface area contributed by atoms with Crippen LogP contribution in [0.5, 0.6) is 5.75 Å². The van der Waals surface area contributed by atoms with Crippen LogP contribution >= 0.6 is 0 Å². The Hall–Kier alpha value is -1.59. The van der Waals surface area contributed by atoms with Crippen LogP contribution < -0.4 is 4.74 Å². The van der Waals surface area contributed by atoms with Crippen LogP contribution in [0.4, 0.5) is 17.6 Å². The number of benzene rings is 1. The molecule has 1 rings (SSSR count). The Labute approximate surface area is 82.5 Å². The molecule has 0 aliphatic rings. The van der Waals surface area contributed by atoms with E-state index in [1.54, 1.807) is 0 Å². The van der Waals surface area contributed by atoms with Gasteiger partial charge in [-0.25, -0.2) is 8.78 Å². The number of alkyl halides is 2. The van der Waals surface area contributed by atoms with Gasteiger partial charge in [0.05, 0.1) is 5.56 Å². The summed E-state index contributed by atoms with van der Waals surface area (Å²) in [6, 6.07) is 0.938. The van der Waals surface area contributed by atoms with E-state index in [0.29, 0.717) is 12.1 Å². The van der Waals surface area contributed by atoms with Crippen LogP contribution in [-0.4, -0.2) is 12.4 Å². The van der Waals surface area contributed by atoms with Gasteiger partial charge in [-0.3, -0.25) is 4.79 Å². The molecule has 82 valence electrons. The SMILES string of the molecule is CC(=O)c1cc(F)c(OC(F)F)cc1F. The molecule has 0 N–H and O–H groups in total. The molecule has 0 aliphatic heterocycles. The van der Waals surface area contributed by atoms with Gasteiger partial charge in [0.1, 0.15) is 5.82 Å². The summed E-state index contributed by atoms with van der Waals surface area (Å²) in [5.41, 5.74) is -0.505. The van der Waals surface area contributed by atoms with E-state index in [1.165, 1.54) is 0 Å². The standard InChI is InChI=1S/C9H6F4O2/c1-4(14)5-2-7(11)8(3-6(5)10)15-9(12)13/h2-3,9H,1H3. The third kappa shape index (κ3) is 2.68. The average Bonchev–Trinajstić information content (AvgIpc) is 2.09. The van der Waals surface area contributed by atoms with Crippen molar-refractivity contribution in [3.8, 4) is 5.75 Å². The van der Waals surface area contributed by atoms with Crippen LogP contribution in [0.3, 0.4) is 0 Å². The number of Topliss-reactive ketones (excluding diaryl/α,β-unsaturated/α-hetero) is 1. The van der Waals surface area contributed by atoms with E-state index in [4.69, 9.17) is 0 Å². The van der Waals surface area contributed by atoms with E-state index in [1.807, 2.05) is 0 Å². The molecule has 1 aromatic carbocycles. The summed E-state index contributed by atoms with van der Waals surface area (Å²) in [4.78, 5) is 10.8. The normalized spacial score (nSPS) is 10.5. The van der Waals surface area contributed by atoms with E-state index in [-0.39, 0.29) is 0 Å². The minimum atomic E-state index is -3.25. The molecular formula is C9H6F4O2. The predicted octanol–water partition coefficient (Wildman–Crippen LogP) is 2.77. The lowest BCUT2D eigenvalue weighted by Crippen LogP contribution is -2.06. The largest absolute Gasteiger partial charge is 0.432 e. The Kier molecular flexibility index (Phi) is 3.28. The minimum Gasteiger partial charge on any atom is -0.432 e. The Morgan fingerprint density at radius 1 is 1.27 bits per heavy atom. The van der Waals surface area contributed by atoms with Gasteiger partial charge in [-0.15, -0.1) is 0 Å².